The van der Waals surface area contributed by atoms with Gasteiger partial charge in [-0.2, -0.15) is 0 Å². The van der Waals surface area contributed by atoms with Crippen molar-refractivity contribution in [2.45, 2.75) is 18.9 Å². The van der Waals surface area contributed by atoms with Gasteiger partial charge < -0.3 is 24.4 Å². The number of quaternary nitrogens is 1. The molecule has 2 rings (SSSR count). The maximum absolute atomic E-state index is 11.6. The molecule has 0 radical (unpaired) electrons. The second-order valence-corrected chi connectivity index (χ2v) is 6.68. The van der Waals surface area contributed by atoms with Crippen LogP contribution in [0.2, 0.25) is 0 Å². The number of methoxy groups -OCH3 is 1. The fraction of sp³-hybridized carbons (Fsp3) is 0.400. The highest BCUT2D eigenvalue weighted by molar-refractivity contribution is 5.35. The van der Waals surface area contributed by atoms with E-state index in [9.17, 15) is 10.3 Å². The molecule has 2 aromatic rings. The average molecular weight is 345 g/mol. The van der Waals surface area contributed by atoms with Gasteiger partial charge in [-0.25, -0.2) is 0 Å². The molecule has 2 aromatic carbocycles. The number of aliphatic hydroxyl groups is 1. The molecule has 5 heteroatoms. The Balaban J connectivity index is 1.95. The molecule has 0 spiro atoms. The SMILES string of the molecule is COc1cccc(CCc2ccccc2OC[C@@H](O)C[N+](C)(C)[O-])c1. The maximum atomic E-state index is 11.6. The van der Waals surface area contributed by atoms with Gasteiger partial charge in [-0.15, -0.1) is 0 Å². The molecule has 0 aliphatic heterocycles. The number of para-hydroxylation sites is 1. The van der Waals surface area contributed by atoms with E-state index in [2.05, 4.69) is 6.07 Å². The molecule has 0 bridgehead atoms. The van der Waals surface area contributed by atoms with Crippen molar-refractivity contribution in [3.05, 3.63) is 64.9 Å². The summed E-state index contributed by atoms with van der Waals surface area (Å²) < 4.78 is 10.5. The molecule has 25 heavy (non-hydrogen) atoms. The number of benzene rings is 2. The van der Waals surface area contributed by atoms with Gasteiger partial charge in [-0.05, 0) is 42.2 Å². The second-order valence-electron chi connectivity index (χ2n) is 6.68. The Morgan fingerprint density at radius 3 is 2.56 bits per heavy atom. The van der Waals surface area contributed by atoms with Crippen LogP contribution in [0.25, 0.3) is 0 Å². The standard InChI is InChI=1S/C20H27NO4/c1-21(2,23)14-18(22)15-25-20-10-5-4-8-17(20)12-11-16-7-6-9-19(13-16)24-3/h4-10,13,18,22H,11-12,14-15H2,1-3H3/t18-/m0/s1. The monoisotopic (exact) mass is 345 g/mol. The third-order valence-corrected chi connectivity index (χ3v) is 3.87. The third kappa shape index (κ3) is 6.74. The number of likely N-dealkylation sites (N-methyl/N-ethyl adjacent to an activating group) is 1. The van der Waals surface area contributed by atoms with Crippen LogP contribution in [0.15, 0.2) is 48.5 Å². The zero-order valence-corrected chi connectivity index (χ0v) is 15.1. The lowest BCUT2D eigenvalue weighted by Crippen LogP contribution is -2.41. The number of hydrogen-bond acceptors (Lipinski definition) is 4. The number of aryl methyl sites for hydroxylation is 2. The van der Waals surface area contributed by atoms with Crippen molar-refractivity contribution in [1.29, 1.82) is 0 Å². The van der Waals surface area contributed by atoms with Crippen molar-refractivity contribution >= 4 is 0 Å². The highest BCUT2D eigenvalue weighted by atomic mass is 16.5. The smallest absolute Gasteiger partial charge is 0.137 e. The quantitative estimate of drug-likeness (QED) is 0.561. The van der Waals surface area contributed by atoms with Crippen LogP contribution >= 0.6 is 0 Å². The summed E-state index contributed by atoms with van der Waals surface area (Å²) in [6.45, 7) is 0.214. The molecule has 0 saturated carbocycles. The zero-order valence-electron chi connectivity index (χ0n) is 15.1. The minimum Gasteiger partial charge on any atom is -0.633 e. The minimum absolute atomic E-state index is 0.103. The molecule has 0 heterocycles. The lowest BCUT2D eigenvalue weighted by Gasteiger charge is -2.35. The number of hydroxylamine groups is 3. The summed E-state index contributed by atoms with van der Waals surface area (Å²) >= 11 is 0. The molecular weight excluding hydrogens is 318 g/mol. The van der Waals surface area contributed by atoms with Crippen LogP contribution in [-0.2, 0) is 12.8 Å². The molecule has 0 saturated heterocycles. The van der Waals surface area contributed by atoms with Crippen LogP contribution < -0.4 is 9.47 Å². The summed E-state index contributed by atoms with van der Waals surface area (Å²) in [6.07, 6.45) is 0.895. The van der Waals surface area contributed by atoms with Gasteiger partial charge in [0.2, 0.25) is 0 Å². The van der Waals surface area contributed by atoms with Crippen molar-refractivity contribution < 1.29 is 19.2 Å². The molecule has 1 atom stereocenters. The van der Waals surface area contributed by atoms with E-state index < -0.39 is 10.8 Å². The van der Waals surface area contributed by atoms with E-state index in [-0.39, 0.29) is 13.2 Å². The van der Waals surface area contributed by atoms with E-state index in [4.69, 9.17) is 9.47 Å². The normalized spacial score (nSPS) is 12.7. The molecular formula is C20H27NO4. The molecule has 0 aliphatic carbocycles. The Labute approximate surface area is 149 Å². The zero-order chi connectivity index (χ0) is 18.3. The number of ether oxygens (including phenoxy) is 2. The topological polar surface area (TPSA) is 61.8 Å². The molecule has 1 N–H and O–H groups in total. The van der Waals surface area contributed by atoms with Gasteiger partial charge in [-0.1, -0.05) is 30.3 Å². The van der Waals surface area contributed by atoms with Gasteiger partial charge in [0.15, 0.2) is 0 Å². The highest BCUT2D eigenvalue weighted by Gasteiger charge is 2.14. The van der Waals surface area contributed by atoms with Crippen molar-refractivity contribution in [2.24, 2.45) is 0 Å². The number of hydrogen-bond donors (Lipinski definition) is 1. The van der Waals surface area contributed by atoms with Crippen LogP contribution in [0, 0.1) is 5.21 Å². The Morgan fingerprint density at radius 1 is 1.08 bits per heavy atom. The summed E-state index contributed by atoms with van der Waals surface area (Å²) in [6, 6.07) is 15.8. The molecule has 5 nitrogen and oxygen atoms in total. The van der Waals surface area contributed by atoms with Gasteiger partial charge in [0, 0.05) is 0 Å². The van der Waals surface area contributed by atoms with E-state index in [0.717, 1.165) is 29.9 Å². The average Bonchev–Trinajstić information content (AvgIpc) is 2.57. The maximum Gasteiger partial charge on any atom is 0.137 e. The van der Waals surface area contributed by atoms with Crippen LogP contribution in [0.3, 0.4) is 0 Å². The first-order valence-electron chi connectivity index (χ1n) is 8.43. The van der Waals surface area contributed by atoms with Crippen LogP contribution in [0.5, 0.6) is 11.5 Å². The third-order valence-electron chi connectivity index (χ3n) is 3.87. The Hall–Kier alpha value is -2.08. The first kappa shape index (κ1) is 19.2. The van der Waals surface area contributed by atoms with Crippen molar-refractivity contribution in [3.63, 3.8) is 0 Å². The highest BCUT2D eigenvalue weighted by Crippen LogP contribution is 2.21. The molecule has 0 amide bonds. The molecule has 0 fully saturated rings. The van der Waals surface area contributed by atoms with Gasteiger partial charge in [0.05, 0.1) is 21.2 Å². The summed E-state index contributed by atoms with van der Waals surface area (Å²) in [4.78, 5) is 0. The molecule has 0 aliphatic rings. The summed E-state index contributed by atoms with van der Waals surface area (Å²) in [5, 5.41) is 21.6. The predicted octanol–water partition coefficient (Wildman–Crippen LogP) is 2.79. The van der Waals surface area contributed by atoms with Crippen molar-refractivity contribution in [1.82, 2.24) is 0 Å². The van der Waals surface area contributed by atoms with Crippen molar-refractivity contribution in [2.75, 3.05) is 34.4 Å². The fourth-order valence-corrected chi connectivity index (χ4v) is 2.70. The fourth-order valence-electron chi connectivity index (χ4n) is 2.70. The molecule has 0 unspecified atom stereocenters. The van der Waals surface area contributed by atoms with E-state index >= 15 is 0 Å². The summed E-state index contributed by atoms with van der Waals surface area (Å²) in [7, 11) is 4.67. The summed E-state index contributed by atoms with van der Waals surface area (Å²) in [5.74, 6) is 1.60. The first-order valence-corrected chi connectivity index (χ1v) is 8.43. The Morgan fingerprint density at radius 2 is 1.84 bits per heavy atom. The van der Waals surface area contributed by atoms with Crippen LogP contribution in [-0.4, -0.2) is 50.2 Å². The largest absolute Gasteiger partial charge is 0.633 e. The lowest BCUT2D eigenvalue weighted by molar-refractivity contribution is -0.843. The minimum atomic E-state index is -0.793. The number of nitrogens with zero attached hydrogens (tertiary/aromatic N) is 1. The van der Waals surface area contributed by atoms with E-state index in [1.54, 1.807) is 7.11 Å². The van der Waals surface area contributed by atoms with Crippen LogP contribution in [0.1, 0.15) is 11.1 Å². The van der Waals surface area contributed by atoms with Gasteiger partial charge in [0.1, 0.15) is 30.8 Å². The molecule has 0 aromatic heterocycles. The van der Waals surface area contributed by atoms with Gasteiger partial charge in [0.25, 0.3) is 0 Å². The van der Waals surface area contributed by atoms with Gasteiger partial charge in [-0.3, -0.25) is 0 Å². The summed E-state index contributed by atoms with van der Waals surface area (Å²) in [5.41, 5.74) is 2.27. The van der Waals surface area contributed by atoms with Crippen molar-refractivity contribution in [3.8, 4) is 11.5 Å². The Bertz CT molecular complexity index is 667. The Kier molecular flexibility index (Phi) is 6.82. The lowest BCUT2D eigenvalue weighted by atomic mass is 10.0. The first-order chi connectivity index (χ1) is 11.9. The predicted molar refractivity (Wildman–Crippen MR) is 98.7 cm³/mol. The van der Waals surface area contributed by atoms with E-state index in [0.29, 0.717) is 0 Å². The van der Waals surface area contributed by atoms with Crippen LogP contribution in [0.4, 0.5) is 0 Å². The molecule has 136 valence electrons. The van der Waals surface area contributed by atoms with E-state index in [1.807, 2.05) is 42.5 Å². The number of rotatable bonds is 9. The van der Waals surface area contributed by atoms with Gasteiger partial charge >= 0.3 is 0 Å². The number of aliphatic hydroxyl groups excluding tert-OH is 1. The van der Waals surface area contributed by atoms with E-state index in [1.165, 1.54) is 19.7 Å². The second kappa shape index (κ2) is 8.85.